The minimum atomic E-state index is -0.971. The molecule has 1 heterocycles. The van der Waals surface area contributed by atoms with Gasteiger partial charge in [-0.3, -0.25) is 19.2 Å². The Morgan fingerprint density at radius 3 is 2.27 bits per heavy atom. The SMILES string of the molecule is C=CCNC(=O)C(=O)C(CCC)NC(=O)[C@@H]1[C@@H]2[C@H](CN1C(=O)[C@@H](NC(=O)NC1CCCC1)C1CCCC1)C2(C)C. The van der Waals surface area contributed by atoms with E-state index in [9.17, 15) is 24.0 Å². The van der Waals surface area contributed by atoms with Crippen LogP contribution in [0.5, 0.6) is 0 Å². The number of piperidine rings is 1. The molecule has 0 bridgehead atoms. The quantitative estimate of drug-likeness (QED) is 0.216. The molecule has 0 spiro atoms. The molecule has 222 valence electrons. The summed E-state index contributed by atoms with van der Waals surface area (Å²) >= 11 is 0. The molecule has 10 heteroatoms. The second kappa shape index (κ2) is 12.7. The highest BCUT2D eigenvalue weighted by molar-refractivity contribution is 6.38. The van der Waals surface area contributed by atoms with Gasteiger partial charge in [-0.15, -0.1) is 6.58 Å². The van der Waals surface area contributed by atoms with Crippen LogP contribution in [0.15, 0.2) is 12.7 Å². The number of hydrogen-bond donors (Lipinski definition) is 4. The summed E-state index contributed by atoms with van der Waals surface area (Å²) in [6.07, 6.45) is 10.2. The lowest BCUT2D eigenvalue weighted by molar-refractivity contribution is -0.144. The fourth-order valence-electron chi connectivity index (χ4n) is 7.33. The van der Waals surface area contributed by atoms with E-state index in [0.717, 1.165) is 51.4 Å². The number of carbonyl (C=O) groups is 5. The van der Waals surface area contributed by atoms with Crippen molar-refractivity contribution in [3.8, 4) is 0 Å². The molecule has 1 unspecified atom stereocenters. The van der Waals surface area contributed by atoms with E-state index < -0.39 is 35.7 Å². The van der Waals surface area contributed by atoms with Gasteiger partial charge >= 0.3 is 6.03 Å². The van der Waals surface area contributed by atoms with Gasteiger partial charge in [0, 0.05) is 19.1 Å². The predicted molar refractivity (Wildman–Crippen MR) is 151 cm³/mol. The van der Waals surface area contributed by atoms with Crippen LogP contribution in [0.25, 0.3) is 0 Å². The lowest BCUT2D eigenvalue weighted by atomic mass is 9.94. The van der Waals surface area contributed by atoms with E-state index in [0.29, 0.717) is 19.4 Å². The van der Waals surface area contributed by atoms with Crippen LogP contribution in [0.4, 0.5) is 4.79 Å². The van der Waals surface area contributed by atoms with E-state index >= 15 is 0 Å². The summed E-state index contributed by atoms with van der Waals surface area (Å²) in [5.41, 5.74) is -0.111. The molecule has 10 nitrogen and oxygen atoms in total. The second-order valence-electron chi connectivity index (χ2n) is 12.7. The third-order valence-electron chi connectivity index (χ3n) is 9.72. The van der Waals surface area contributed by atoms with Gasteiger partial charge in [-0.1, -0.05) is 59.0 Å². The van der Waals surface area contributed by atoms with E-state index in [4.69, 9.17) is 0 Å². The van der Waals surface area contributed by atoms with Crippen LogP contribution in [0.2, 0.25) is 0 Å². The number of urea groups is 1. The van der Waals surface area contributed by atoms with E-state index in [2.05, 4.69) is 41.7 Å². The number of nitrogens with one attached hydrogen (secondary N) is 4. The van der Waals surface area contributed by atoms with Crippen LogP contribution in [0, 0.1) is 23.2 Å². The van der Waals surface area contributed by atoms with E-state index in [1.807, 2.05) is 6.92 Å². The summed E-state index contributed by atoms with van der Waals surface area (Å²) in [4.78, 5) is 67.8. The number of likely N-dealkylation sites (tertiary alicyclic amines) is 1. The average Bonchev–Trinajstić information content (AvgIpc) is 3.54. The largest absolute Gasteiger partial charge is 0.346 e. The van der Waals surface area contributed by atoms with Gasteiger partial charge in [0.15, 0.2) is 0 Å². The molecule has 0 aromatic rings. The minimum absolute atomic E-state index is 0.0263. The molecular weight excluding hydrogens is 510 g/mol. The summed E-state index contributed by atoms with van der Waals surface area (Å²) in [6, 6.07) is -2.60. The Kier molecular flexibility index (Phi) is 9.56. The van der Waals surface area contributed by atoms with Gasteiger partial charge in [0.2, 0.25) is 17.6 Å². The van der Waals surface area contributed by atoms with Crippen molar-refractivity contribution in [1.82, 2.24) is 26.2 Å². The van der Waals surface area contributed by atoms with E-state index in [-0.39, 0.29) is 47.7 Å². The van der Waals surface area contributed by atoms with Gasteiger partial charge in [-0.05, 0) is 55.3 Å². The van der Waals surface area contributed by atoms with Crippen LogP contribution in [0.3, 0.4) is 0 Å². The van der Waals surface area contributed by atoms with Gasteiger partial charge < -0.3 is 26.2 Å². The number of hydrogen-bond acceptors (Lipinski definition) is 5. The maximum Gasteiger partial charge on any atom is 0.315 e. The number of amides is 5. The third kappa shape index (κ3) is 6.36. The molecule has 1 aliphatic heterocycles. The first kappa shape index (κ1) is 30.1. The summed E-state index contributed by atoms with van der Waals surface area (Å²) in [5, 5.41) is 11.4. The van der Waals surface area contributed by atoms with Gasteiger partial charge in [0.1, 0.15) is 12.1 Å². The topological polar surface area (TPSA) is 137 Å². The molecule has 0 aromatic heterocycles. The predicted octanol–water partition coefficient (Wildman–Crippen LogP) is 2.43. The Balaban J connectivity index is 1.50. The molecule has 4 aliphatic rings. The molecule has 1 saturated heterocycles. The molecule has 4 fully saturated rings. The number of rotatable bonds is 12. The number of Topliss-reactive ketones (excluding diaryl/α,β-unsaturated/α-hetero) is 1. The Morgan fingerprint density at radius 1 is 1.00 bits per heavy atom. The average molecular weight is 558 g/mol. The lowest BCUT2D eigenvalue weighted by Crippen LogP contribution is -2.60. The first-order chi connectivity index (χ1) is 19.1. The molecule has 5 atom stereocenters. The Bertz CT molecular complexity index is 1000. The molecule has 0 radical (unpaired) electrons. The van der Waals surface area contributed by atoms with Gasteiger partial charge in [0.05, 0.1) is 6.04 Å². The first-order valence-electron chi connectivity index (χ1n) is 15.2. The second-order valence-corrected chi connectivity index (χ2v) is 12.7. The molecule has 0 aromatic carbocycles. The van der Waals surface area contributed by atoms with Crippen LogP contribution in [-0.4, -0.2) is 71.7 Å². The van der Waals surface area contributed by atoms with Crippen LogP contribution in [0.1, 0.15) is 85.0 Å². The Morgan fingerprint density at radius 2 is 1.65 bits per heavy atom. The number of ketones is 1. The van der Waals surface area contributed by atoms with Crippen molar-refractivity contribution in [1.29, 1.82) is 0 Å². The zero-order valence-corrected chi connectivity index (χ0v) is 24.3. The van der Waals surface area contributed by atoms with Crippen molar-refractivity contribution in [2.75, 3.05) is 13.1 Å². The molecule has 3 aliphatic carbocycles. The zero-order chi connectivity index (χ0) is 29.0. The monoisotopic (exact) mass is 557 g/mol. The van der Waals surface area contributed by atoms with Crippen molar-refractivity contribution in [3.05, 3.63) is 12.7 Å². The smallest absolute Gasteiger partial charge is 0.315 e. The maximum absolute atomic E-state index is 14.1. The van der Waals surface area contributed by atoms with E-state index in [1.54, 1.807) is 4.90 Å². The van der Waals surface area contributed by atoms with Crippen molar-refractivity contribution >= 4 is 29.5 Å². The van der Waals surface area contributed by atoms with Gasteiger partial charge in [-0.2, -0.15) is 0 Å². The first-order valence-corrected chi connectivity index (χ1v) is 15.2. The zero-order valence-electron chi connectivity index (χ0n) is 24.3. The number of carbonyl (C=O) groups excluding carboxylic acids is 5. The number of nitrogens with zero attached hydrogens (tertiary/aromatic N) is 1. The highest BCUT2D eigenvalue weighted by Crippen LogP contribution is 2.65. The Hall–Kier alpha value is -2.91. The molecule has 5 amide bonds. The molecular formula is C30H47N5O5. The fraction of sp³-hybridized carbons (Fsp3) is 0.767. The maximum atomic E-state index is 14.1. The summed E-state index contributed by atoms with van der Waals surface area (Å²) in [6.45, 7) is 10.2. The van der Waals surface area contributed by atoms with Crippen molar-refractivity contribution in [3.63, 3.8) is 0 Å². The molecule has 4 N–H and O–H groups in total. The van der Waals surface area contributed by atoms with Crippen LogP contribution < -0.4 is 21.3 Å². The van der Waals surface area contributed by atoms with Gasteiger partial charge in [-0.25, -0.2) is 4.79 Å². The highest BCUT2D eigenvalue weighted by Gasteiger charge is 2.69. The third-order valence-corrected chi connectivity index (χ3v) is 9.72. The van der Waals surface area contributed by atoms with E-state index in [1.165, 1.54) is 6.08 Å². The van der Waals surface area contributed by atoms with Crippen LogP contribution in [-0.2, 0) is 19.2 Å². The lowest BCUT2D eigenvalue weighted by Gasteiger charge is -2.35. The normalized spacial score (nSPS) is 26.9. The molecule has 4 rings (SSSR count). The highest BCUT2D eigenvalue weighted by atomic mass is 16.2. The summed E-state index contributed by atoms with van der Waals surface area (Å²) < 4.78 is 0. The van der Waals surface area contributed by atoms with Crippen molar-refractivity contribution < 1.29 is 24.0 Å². The molecule has 3 saturated carbocycles. The summed E-state index contributed by atoms with van der Waals surface area (Å²) in [7, 11) is 0. The summed E-state index contributed by atoms with van der Waals surface area (Å²) in [5.74, 6) is -1.94. The van der Waals surface area contributed by atoms with Gasteiger partial charge in [0.25, 0.3) is 5.91 Å². The Labute approximate surface area is 237 Å². The fourth-order valence-corrected chi connectivity index (χ4v) is 7.33. The standard InChI is InChI=1S/C30H47N5O5/c1-5-11-21(25(36)27(38)31-16-6-2)33-26(37)24-22-20(30(22,3)4)17-35(24)28(39)23(18-12-7-8-13-18)34-29(40)32-19-14-9-10-15-19/h6,18-24H,2,5,7-17H2,1,3-4H3,(H,31,38)(H,33,37)(H2,32,34,40)/t20-,21?,22-,23-,24-/m0/s1. The van der Waals surface area contributed by atoms with Crippen LogP contribution >= 0.6 is 0 Å². The number of fused-ring (bicyclic) bond motifs is 1. The molecule has 40 heavy (non-hydrogen) atoms. The van der Waals surface area contributed by atoms with Crippen molar-refractivity contribution in [2.45, 2.75) is 109 Å². The van der Waals surface area contributed by atoms with Crippen molar-refractivity contribution in [2.24, 2.45) is 23.2 Å². The minimum Gasteiger partial charge on any atom is -0.346 e.